The lowest BCUT2D eigenvalue weighted by Gasteiger charge is -2.60. The van der Waals surface area contributed by atoms with E-state index < -0.39 is 25.9 Å². The molecular weight excluding hydrogens is 358 g/mol. The number of benzene rings is 1. The smallest absolute Gasteiger partial charge is 0.295 e. The molecule has 0 spiro atoms. The van der Waals surface area contributed by atoms with Gasteiger partial charge in [0.25, 0.3) is 16.5 Å². The zero-order valence-corrected chi connectivity index (χ0v) is 14.8. The fraction of sp³-hybridized carbons (Fsp3) is 0.647. The number of nitrogens with zero attached hydrogens (tertiary/aromatic N) is 3. The lowest BCUT2D eigenvalue weighted by molar-refractivity contribution is -0.785. The second-order valence-electron chi connectivity index (χ2n) is 8.39. The summed E-state index contributed by atoms with van der Waals surface area (Å²) in [4.78, 5) is 37.9. The lowest BCUT2D eigenvalue weighted by atomic mass is 9.46. The average molecular weight is 377 g/mol. The molecule has 10 heteroatoms. The van der Waals surface area contributed by atoms with Crippen molar-refractivity contribution >= 4 is 11.4 Å². The van der Waals surface area contributed by atoms with Crippen molar-refractivity contribution in [1.29, 1.82) is 0 Å². The van der Waals surface area contributed by atoms with Crippen molar-refractivity contribution in [1.82, 2.24) is 0 Å². The summed E-state index contributed by atoms with van der Waals surface area (Å²) in [5.41, 5.74) is -1.43. The Bertz CT molecular complexity index is 819. The summed E-state index contributed by atoms with van der Waals surface area (Å²) in [6, 6.07) is 2.85. The molecule has 0 saturated heterocycles. The van der Waals surface area contributed by atoms with Crippen LogP contribution in [0.5, 0.6) is 0 Å². The van der Waals surface area contributed by atoms with Crippen LogP contribution >= 0.6 is 0 Å². The first kappa shape index (κ1) is 17.6. The van der Waals surface area contributed by atoms with Gasteiger partial charge in [0.2, 0.25) is 0 Å². The topological polar surface area (TPSA) is 139 Å². The first-order chi connectivity index (χ1) is 12.6. The monoisotopic (exact) mass is 377 g/mol. The van der Waals surface area contributed by atoms with E-state index >= 15 is 0 Å². The molecule has 10 nitrogen and oxygen atoms in total. The van der Waals surface area contributed by atoms with Gasteiger partial charge in [-0.2, -0.15) is 0 Å². The molecule has 2 unspecified atom stereocenters. The van der Waals surface area contributed by atoms with E-state index in [0.29, 0.717) is 24.8 Å². The number of nitro benzene ring substituents is 2. The summed E-state index contributed by atoms with van der Waals surface area (Å²) in [5, 5.41) is 33.2. The van der Waals surface area contributed by atoms with Crippen molar-refractivity contribution < 1.29 is 19.8 Å². The van der Waals surface area contributed by atoms with Crippen LogP contribution < -0.4 is 0 Å². The van der Waals surface area contributed by atoms with Crippen molar-refractivity contribution in [2.75, 3.05) is 0 Å². The van der Waals surface area contributed by atoms with E-state index in [1.54, 1.807) is 0 Å². The van der Waals surface area contributed by atoms with E-state index in [0.717, 1.165) is 19.3 Å². The maximum absolute atomic E-state index is 11.5. The predicted molar refractivity (Wildman–Crippen MR) is 91.7 cm³/mol. The van der Waals surface area contributed by atoms with Crippen LogP contribution in [-0.4, -0.2) is 20.5 Å². The van der Waals surface area contributed by atoms with E-state index in [-0.39, 0.29) is 28.8 Å². The van der Waals surface area contributed by atoms with E-state index in [9.17, 15) is 30.3 Å². The first-order valence-electron chi connectivity index (χ1n) is 8.90. The Kier molecular flexibility index (Phi) is 3.66. The Hall–Kier alpha value is -2.78. The van der Waals surface area contributed by atoms with Crippen LogP contribution in [0.25, 0.3) is 0 Å². The second-order valence-corrected chi connectivity index (χ2v) is 8.39. The Morgan fingerprint density at radius 3 is 1.93 bits per heavy atom. The van der Waals surface area contributed by atoms with E-state index in [2.05, 4.69) is 0 Å². The third kappa shape index (κ3) is 2.70. The average Bonchev–Trinajstić information content (AvgIpc) is 2.51. The summed E-state index contributed by atoms with van der Waals surface area (Å²) in [7, 11) is 0. The van der Waals surface area contributed by atoms with Crippen molar-refractivity contribution in [3.8, 4) is 0 Å². The molecular formula is C17H19N3O7. The highest BCUT2D eigenvalue weighted by Crippen LogP contribution is 2.63. The molecule has 4 aliphatic carbocycles. The largest absolute Gasteiger partial charge is 0.307 e. The Balaban J connectivity index is 1.84. The number of hydrogen-bond acceptors (Lipinski definition) is 7. The van der Waals surface area contributed by atoms with Crippen LogP contribution in [0, 0.1) is 49.1 Å². The second kappa shape index (κ2) is 5.61. The van der Waals surface area contributed by atoms with E-state index in [4.69, 9.17) is 4.84 Å². The van der Waals surface area contributed by atoms with Crippen molar-refractivity contribution in [2.24, 2.45) is 11.8 Å². The zero-order valence-electron chi connectivity index (χ0n) is 14.8. The molecule has 0 heterocycles. The molecule has 4 bridgehead atoms. The maximum atomic E-state index is 11.5. The van der Waals surface area contributed by atoms with Crippen LogP contribution in [0.4, 0.5) is 11.4 Å². The summed E-state index contributed by atoms with van der Waals surface area (Å²) in [6.45, 7) is 1.37. The molecule has 1 aromatic rings. The number of hydrogen-bond donors (Lipinski definition) is 0. The molecule has 4 saturated carbocycles. The molecule has 0 amide bonds. The minimum atomic E-state index is -0.887. The summed E-state index contributed by atoms with van der Waals surface area (Å²) >= 11 is 0. The SMILES string of the molecule is Cc1c([N+](=O)[O-])cc(C23CC4CC(CC(O[N+](=O)[O-])(C4)C2)C3)cc1[N+](=O)[O-]. The van der Waals surface area contributed by atoms with Gasteiger partial charge in [0.1, 0.15) is 11.2 Å². The molecule has 0 aromatic heterocycles. The van der Waals surface area contributed by atoms with Gasteiger partial charge < -0.3 is 4.84 Å². The van der Waals surface area contributed by atoms with Crippen molar-refractivity contribution in [3.05, 3.63) is 53.6 Å². The highest BCUT2D eigenvalue weighted by atomic mass is 17.0. The third-order valence-electron chi connectivity index (χ3n) is 6.63. The Labute approximate surface area is 153 Å². The van der Waals surface area contributed by atoms with Gasteiger partial charge in [-0.1, -0.05) is 0 Å². The van der Waals surface area contributed by atoms with Gasteiger partial charge in [-0.05, 0) is 68.3 Å². The fourth-order valence-corrected chi connectivity index (χ4v) is 6.15. The van der Waals surface area contributed by atoms with E-state index in [1.165, 1.54) is 19.1 Å². The predicted octanol–water partition coefficient (Wildman–Crippen LogP) is 3.61. The van der Waals surface area contributed by atoms with Crippen molar-refractivity contribution in [3.63, 3.8) is 0 Å². The van der Waals surface area contributed by atoms with Crippen LogP contribution in [0.2, 0.25) is 0 Å². The minimum Gasteiger partial charge on any atom is -0.307 e. The number of rotatable bonds is 5. The summed E-state index contributed by atoms with van der Waals surface area (Å²) < 4.78 is 0. The van der Waals surface area contributed by atoms with E-state index in [1.807, 2.05) is 0 Å². The highest BCUT2D eigenvalue weighted by molar-refractivity contribution is 5.57. The molecule has 0 aliphatic heterocycles. The van der Waals surface area contributed by atoms with Gasteiger partial charge in [0, 0.05) is 12.1 Å². The molecule has 5 rings (SSSR count). The van der Waals surface area contributed by atoms with Crippen LogP contribution in [0.15, 0.2) is 12.1 Å². The zero-order chi connectivity index (χ0) is 19.6. The van der Waals surface area contributed by atoms with Crippen LogP contribution in [0.3, 0.4) is 0 Å². The van der Waals surface area contributed by atoms with Crippen molar-refractivity contribution in [2.45, 2.75) is 56.5 Å². The Morgan fingerprint density at radius 1 is 0.963 bits per heavy atom. The van der Waals surface area contributed by atoms with Gasteiger partial charge in [-0.15, -0.1) is 10.1 Å². The van der Waals surface area contributed by atoms with Gasteiger partial charge in [-0.25, -0.2) is 0 Å². The third-order valence-corrected chi connectivity index (χ3v) is 6.63. The molecule has 4 aliphatic rings. The maximum Gasteiger partial charge on any atom is 0.295 e. The van der Waals surface area contributed by atoms with Gasteiger partial charge in [0.15, 0.2) is 0 Å². The normalized spacial score (nSPS) is 33.7. The minimum absolute atomic E-state index is 0.0229. The first-order valence-corrected chi connectivity index (χ1v) is 8.90. The molecule has 4 fully saturated rings. The lowest BCUT2D eigenvalue weighted by Crippen LogP contribution is -2.59. The quantitative estimate of drug-likeness (QED) is 0.564. The molecule has 27 heavy (non-hydrogen) atoms. The van der Waals surface area contributed by atoms with Gasteiger partial charge in [-0.3, -0.25) is 20.2 Å². The summed E-state index contributed by atoms with van der Waals surface area (Å²) in [5.74, 6) is 0.455. The molecule has 1 aromatic carbocycles. The standard InChI is InChI=1S/C17H19N3O7/c1-10-14(18(21)22)3-13(4-15(10)19(23)24)16-5-11-2-12(6-16)8-17(7-11,9-16)27-20(25)26/h3-4,11-12H,2,5-9H2,1H3. The van der Waals surface area contributed by atoms with Crippen LogP contribution in [0.1, 0.15) is 49.7 Å². The highest BCUT2D eigenvalue weighted by Gasteiger charge is 2.60. The molecule has 0 radical (unpaired) electrons. The molecule has 0 N–H and O–H groups in total. The van der Waals surface area contributed by atoms with Gasteiger partial charge in [0.05, 0.1) is 9.85 Å². The number of nitro groups is 2. The Morgan fingerprint density at radius 2 is 1.48 bits per heavy atom. The summed E-state index contributed by atoms with van der Waals surface area (Å²) in [6.07, 6.45) is 3.98. The fourth-order valence-electron chi connectivity index (χ4n) is 6.15. The van der Waals surface area contributed by atoms with Crippen LogP contribution in [-0.2, 0) is 10.3 Å². The molecule has 2 atom stereocenters. The van der Waals surface area contributed by atoms with Gasteiger partial charge >= 0.3 is 0 Å². The molecule has 144 valence electrons.